The topological polar surface area (TPSA) is 27.7 Å². The Bertz CT molecular complexity index is 257. The quantitative estimate of drug-likeness (QED) is 0.196. The molecule has 25 heavy (non-hydrogen) atoms. The minimum Gasteiger partial charge on any atom is -0.328 e. The van der Waals surface area contributed by atoms with Gasteiger partial charge in [-0.15, -0.1) is 0 Å². The summed E-state index contributed by atoms with van der Waals surface area (Å²) in [6.07, 6.45) is 12.6. The summed E-state index contributed by atoms with van der Waals surface area (Å²) < 4.78 is 18.1. The first-order valence-electron chi connectivity index (χ1n) is 11.1. The fraction of sp³-hybridized carbons (Fsp3) is 1.00. The summed E-state index contributed by atoms with van der Waals surface area (Å²) in [7, 11) is 0. The van der Waals surface area contributed by atoms with E-state index in [1.165, 1.54) is 44.9 Å². The molecule has 0 fully saturated rings. The van der Waals surface area contributed by atoms with Gasteiger partial charge in [-0.2, -0.15) is 0 Å². The smallest absolute Gasteiger partial charge is 0.285 e. The predicted molar refractivity (Wildman–Crippen MR) is 108 cm³/mol. The van der Waals surface area contributed by atoms with Gasteiger partial charge in [-0.1, -0.05) is 72.1 Å². The Morgan fingerprint density at radius 3 is 1.40 bits per heavy atom. The lowest BCUT2D eigenvalue weighted by atomic mass is 9.89. The lowest BCUT2D eigenvalue weighted by Crippen LogP contribution is -2.46. The van der Waals surface area contributed by atoms with Crippen molar-refractivity contribution >= 4 is 0 Å². The van der Waals surface area contributed by atoms with Crippen LogP contribution in [0.4, 0.5) is 0 Å². The third-order valence-corrected chi connectivity index (χ3v) is 4.98. The van der Waals surface area contributed by atoms with Gasteiger partial charge in [0.25, 0.3) is 5.97 Å². The van der Waals surface area contributed by atoms with Gasteiger partial charge in [0.1, 0.15) is 0 Å². The standard InChI is InChI=1S/C22H46O3/c1-7-15-20(16-8-2)18-13-14-19-21(17-9-3)22(23-10-4,24-11-5)25-12-6/h20-21H,7-19H2,1-6H3. The average molecular weight is 359 g/mol. The van der Waals surface area contributed by atoms with E-state index >= 15 is 0 Å². The molecule has 0 saturated heterocycles. The van der Waals surface area contributed by atoms with Gasteiger partial charge >= 0.3 is 0 Å². The molecule has 0 radical (unpaired) electrons. The molecule has 3 nitrogen and oxygen atoms in total. The van der Waals surface area contributed by atoms with Crippen molar-refractivity contribution in [2.45, 2.75) is 112 Å². The van der Waals surface area contributed by atoms with E-state index in [9.17, 15) is 0 Å². The number of hydrogen-bond donors (Lipinski definition) is 0. The summed E-state index contributed by atoms with van der Waals surface area (Å²) in [4.78, 5) is 0. The summed E-state index contributed by atoms with van der Waals surface area (Å²) in [5.41, 5.74) is 0. The monoisotopic (exact) mass is 358 g/mol. The predicted octanol–water partition coefficient (Wildman–Crippen LogP) is 6.94. The zero-order chi connectivity index (χ0) is 19.0. The first-order chi connectivity index (χ1) is 12.1. The molecule has 0 saturated carbocycles. The second kappa shape index (κ2) is 16.1. The van der Waals surface area contributed by atoms with E-state index in [4.69, 9.17) is 14.2 Å². The minimum atomic E-state index is -0.847. The Labute approximate surface area is 158 Å². The van der Waals surface area contributed by atoms with Crippen LogP contribution in [0.25, 0.3) is 0 Å². The van der Waals surface area contributed by atoms with Gasteiger partial charge in [0.15, 0.2) is 0 Å². The van der Waals surface area contributed by atoms with Crippen LogP contribution in [0.3, 0.4) is 0 Å². The average Bonchev–Trinajstić information content (AvgIpc) is 2.58. The molecule has 0 heterocycles. The third kappa shape index (κ3) is 9.96. The Morgan fingerprint density at radius 1 is 0.560 bits per heavy atom. The summed E-state index contributed by atoms with van der Waals surface area (Å²) >= 11 is 0. The summed E-state index contributed by atoms with van der Waals surface area (Å²) in [6.45, 7) is 14.8. The van der Waals surface area contributed by atoms with Gasteiger partial charge in [-0.25, -0.2) is 0 Å². The van der Waals surface area contributed by atoms with Gasteiger partial charge in [-0.05, 0) is 39.5 Å². The largest absolute Gasteiger partial charge is 0.328 e. The Hall–Kier alpha value is -0.120. The second-order valence-electron chi connectivity index (χ2n) is 7.12. The lowest BCUT2D eigenvalue weighted by molar-refractivity contribution is -0.403. The molecule has 0 rings (SSSR count). The van der Waals surface area contributed by atoms with Gasteiger partial charge in [-0.3, -0.25) is 0 Å². The Morgan fingerprint density at radius 2 is 1.00 bits per heavy atom. The van der Waals surface area contributed by atoms with Crippen LogP contribution in [0.5, 0.6) is 0 Å². The summed E-state index contributed by atoms with van der Waals surface area (Å²) in [5, 5.41) is 0. The first kappa shape index (κ1) is 24.9. The lowest BCUT2D eigenvalue weighted by Gasteiger charge is -2.39. The van der Waals surface area contributed by atoms with Crippen LogP contribution in [0.1, 0.15) is 106 Å². The number of rotatable bonds is 18. The highest BCUT2D eigenvalue weighted by atomic mass is 16.9. The molecule has 0 spiro atoms. The maximum absolute atomic E-state index is 6.04. The van der Waals surface area contributed by atoms with Crippen LogP contribution in [-0.2, 0) is 14.2 Å². The SMILES string of the molecule is CCCC(CCC)CCCCC(CCC)C(OCC)(OCC)OCC. The first-order valence-corrected chi connectivity index (χ1v) is 11.1. The van der Waals surface area contributed by atoms with Crippen LogP contribution < -0.4 is 0 Å². The molecule has 152 valence electrons. The molecule has 0 bridgehead atoms. The van der Waals surface area contributed by atoms with E-state index in [-0.39, 0.29) is 0 Å². The second-order valence-corrected chi connectivity index (χ2v) is 7.12. The van der Waals surface area contributed by atoms with Crippen molar-refractivity contribution in [2.24, 2.45) is 11.8 Å². The van der Waals surface area contributed by atoms with E-state index in [1.807, 2.05) is 20.8 Å². The molecule has 0 amide bonds. The van der Waals surface area contributed by atoms with E-state index in [2.05, 4.69) is 20.8 Å². The molecule has 1 unspecified atom stereocenters. The van der Waals surface area contributed by atoms with Crippen molar-refractivity contribution in [3.05, 3.63) is 0 Å². The van der Waals surface area contributed by atoms with Crippen molar-refractivity contribution in [1.29, 1.82) is 0 Å². The fourth-order valence-corrected chi connectivity index (χ4v) is 4.00. The Kier molecular flexibility index (Phi) is 16.0. The summed E-state index contributed by atoms with van der Waals surface area (Å²) in [5.74, 6) is 0.378. The molecule has 0 aliphatic rings. The molecule has 0 aliphatic heterocycles. The fourth-order valence-electron chi connectivity index (χ4n) is 4.00. The zero-order valence-electron chi connectivity index (χ0n) is 18.1. The van der Waals surface area contributed by atoms with Crippen LogP contribution in [-0.4, -0.2) is 25.8 Å². The molecule has 0 aromatic heterocycles. The normalized spacial score (nSPS) is 13.6. The van der Waals surface area contributed by atoms with Crippen molar-refractivity contribution in [2.75, 3.05) is 19.8 Å². The Balaban J connectivity index is 4.71. The molecule has 0 aliphatic carbocycles. The van der Waals surface area contributed by atoms with Gasteiger partial charge in [0.05, 0.1) is 0 Å². The van der Waals surface area contributed by atoms with E-state index in [1.54, 1.807) is 0 Å². The number of hydrogen-bond acceptors (Lipinski definition) is 3. The maximum Gasteiger partial charge on any atom is 0.285 e. The molecular weight excluding hydrogens is 312 g/mol. The van der Waals surface area contributed by atoms with E-state index < -0.39 is 5.97 Å². The maximum atomic E-state index is 6.04. The number of unbranched alkanes of at least 4 members (excludes halogenated alkanes) is 1. The number of ether oxygens (including phenoxy) is 3. The van der Waals surface area contributed by atoms with Gasteiger partial charge in [0.2, 0.25) is 0 Å². The minimum absolute atomic E-state index is 0.313. The van der Waals surface area contributed by atoms with Crippen molar-refractivity contribution < 1.29 is 14.2 Å². The molecular formula is C22H46O3. The molecule has 0 aromatic rings. The van der Waals surface area contributed by atoms with Crippen molar-refractivity contribution in [1.82, 2.24) is 0 Å². The van der Waals surface area contributed by atoms with E-state index in [0.717, 1.165) is 25.2 Å². The van der Waals surface area contributed by atoms with Gasteiger partial charge < -0.3 is 14.2 Å². The van der Waals surface area contributed by atoms with Crippen molar-refractivity contribution in [3.8, 4) is 0 Å². The van der Waals surface area contributed by atoms with Crippen LogP contribution in [0.2, 0.25) is 0 Å². The van der Waals surface area contributed by atoms with E-state index in [0.29, 0.717) is 25.7 Å². The highest BCUT2D eigenvalue weighted by Gasteiger charge is 2.41. The molecule has 1 atom stereocenters. The molecule has 0 aromatic carbocycles. The zero-order valence-corrected chi connectivity index (χ0v) is 18.1. The van der Waals surface area contributed by atoms with Crippen LogP contribution in [0.15, 0.2) is 0 Å². The molecule has 3 heteroatoms. The van der Waals surface area contributed by atoms with Gasteiger partial charge in [0, 0.05) is 25.7 Å². The molecule has 0 N–H and O–H groups in total. The highest BCUT2D eigenvalue weighted by molar-refractivity contribution is 4.73. The highest BCUT2D eigenvalue weighted by Crippen LogP contribution is 2.34. The van der Waals surface area contributed by atoms with Crippen molar-refractivity contribution in [3.63, 3.8) is 0 Å². The van der Waals surface area contributed by atoms with Crippen LogP contribution >= 0.6 is 0 Å². The van der Waals surface area contributed by atoms with Crippen LogP contribution in [0, 0.1) is 11.8 Å². The summed E-state index contributed by atoms with van der Waals surface area (Å²) in [6, 6.07) is 0. The third-order valence-electron chi connectivity index (χ3n) is 4.98.